The Labute approximate surface area is 64.6 Å². The van der Waals surface area contributed by atoms with Gasteiger partial charge in [-0.2, -0.15) is 0 Å². The molecule has 0 heteroatoms. The van der Waals surface area contributed by atoms with Crippen molar-refractivity contribution in [2.75, 3.05) is 0 Å². The van der Waals surface area contributed by atoms with Crippen molar-refractivity contribution in [1.82, 2.24) is 0 Å². The maximum atomic E-state index is 2.21. The Bertz CT molecular complexity index is 143. The Morgan fingerprint density at radius 3 is 1.80 bits per heavy atom. The van der Waals surface area contributed by atoms with Crippen LogP contribution in [0, 0.1) is 5.92 Å². The highest BCUT2D eigenvalue weighted by Crippen LogP contribution is 2.08. The summed E-state index contributed by atoms with van der Waals surface area (Å²) in [7, 11) is 0. The first-order valence-corrected chi connectivity index (χ1v) is 3.85. The average molecular weight is 138 g/mol. The lowest BCUT2D eigenvalue weighted by atomic mass is 10.0. The quantitative estimate of drug-likeness (QED) is 0.512. The Hall–Kier alpha value is -0.520. The van der Waals surface area contributed by atoms with Crippen LogP contribution in [-0.4, -0.2) is 0 Å². The molecule has 0 aliphatic carbocycles. The summed E-state index contributed by atoms with van der Waals surface area (Å²) in [4.78, 5) is 0. The molecule has 0 aromatic rings. The van der Waals surface area contributed by atoms with Crippen LogP contribution in [0.3, 0.4) is 0 Å². The molecule has 0 amide bonds. The molecule has 0 heterocycles. The molecule has 0 bridgehead atoms. The molecular weight excluding hydrogens is 120 g/mol. The van der Waals surface area contributed by atoms with Crippen molar-refractivity contribution in [3.05, 3.63) is 23.3 Å². The second kappa shape index (κ2) is 4.32. The van der Waals surface area contributed by atoms with E-state index < -0.39 is 0 Å². The Morgan fingerprint density at radius 1 is 1.00 bits per heavy atom. The third-order valence-electron chi connectivity index (χ3n) is 1.59. The van der Waals surface area contributed by atoms with Gasteiger partial charge in [-0.15, -0.1) is 0 Å². The third kappa shape index (κ3) is 4.37. The van der Waals surface area contributed by atoms with Gasteiger partial charge in [-0.3, -0.25) is 0 Å². The van der Waals surface area contributed by atoms with E-state index in [9.17, 15) is 0 Å². The lowest BCUT2D eigenvalue weighted by molar-refractivity contribution is 0.769. The Kier molecular flexibility index (Phi) is 4.10. The number of allylic oxidation sites excluding steroid dienone is 4. The monoisotopic (exact) mass is 138 g/mol. The first-order valence-electron chi connectivity index (χ1n) is 3.85. The molecular formula is C10H18. The first kappa shape index (κ1) is 9.48. The van der Waals surface area contributed by atoms with Gasteiger partial charge in [0.05, 0.1) is 0 Å². The van der Waals surface area contributed by atoms with Crippen molar-refractivity contribution in [3.8, 4) is 0 Å². The summed E-state index contributed by atoms with van der Waals surface area (Å²) in [5.74, 6) is 0.676. The summed E-state index contributed by atoms with van der Waals surface area (Å²) in [5.41, 5.74) is 2.81. The molecule has 0 fully saturated rings. The van der Waals surface area contributed by atoms with Gasteiger partial charge in [0, 0.05) is 0 Å². The molecule has 0 spiro atoms. The van der Waals surface area contributed by atoms with E-state index in [1.807, 2.05) is 0 Å². The van der Waals surface area contributed by atoms with E-state index in [1.54, 1.807) is 0 Å². The zero-order valence-electron chi connectivity index (χ0n) is 7.73. The largest absolute Gasteiger partial charge is 0.0764 e. The van der Waals surface area contributed by atoms with E-state index in [1.165, 1.54) is 11.1 Å². The van der Waals surface area contributed by atoms with Gasteiger partial charge in [-0.25, -0.2) is 0 Å². The van der Waals surface area contributed by atoms with Gasteiger partial charge >= 0.3 is 0 Å². The van der Waals surface area contributed by atoms with Crippen molar-refractivity contribution in [2.45, 2.75) is 34.6 Å². The molecule has 0 aromatic carbocycles. The minimum atomic E-state index is 0.676. The molecule has 0 radical (unpaired) electrons. The predicted octanol–water partition coefficient (Wildman–Crippen LogP) is 3.55. The van der Waals surface area contributed by atoms with Crippen molar-refractivity contribution >= 4 is 0 Å². The van der Waals surface area contributed by atoms with Gasteiger partial charge in [0.15, 0.2) is 0 Å². The zero-order chi connectivity index (χ0) is 8.15. The van der Waals surface area contributed by atoms with Crippen LogP contribution >= 0.6 is 0 Å². The zero-order valence-corrected chi connectivity index (χ0v) is 7.73. The molecule has 0 saturated carbocycles. The number of rotatable bonds is 2. The standard InChI is InChI=1S/C10H18/c1-8(2)6-7-10(5)9(3)4/h6-7,9H,1-5H3/b10-7+. The minimum Gasteiger partial charge on any atom is -0.0764 e. The van der Waals surface area contributed by atoms with Gasteiger partial charge in [-0.05, 0) is 26.7 Å². The van der Waals surface area contributed by atoms with Crippen LogP contribution in [0.15, 0.2) is 23.3 Å². The maximum Gasteiger partial charge on any atom is -0.0260 e. The summed E-state index contributed by atoms with van der Waals surface area (Å²) in [6, 6.07) is 0. The maximum absolute atomic E-state index is 2.21. The van der Waals surface area contributed by atoms with E-state index in [0.717, 1.165) is 0 Å². The fourth-order valence-electron chi connectivity index (χ4n) is 0.491. The second-order valence-corrected chi connectivity index (χ2v) is 3.31. The van der Waals surface area contributed by atoms with Crippen LogP contribution in [0.5, 0.6) is 0 Å². The van der Waals surface area contributed by atoms with Crippen molar-refractivity contribution in [2.24, 2.45) is 5.92 Å². The topological polar surface area (TPSA) is 0 Å². The smallest absolute Gasteiger partial charge is 0.0260 e. The number of hydrogen-bond acceptors (Lipinski definition) is 0. The van der Waals surface area contributed by atoms with E-state index in [-0.39, 0.29) is 0 Å². The minimum absolute atomic E-state index is 0.676. The summed E-state index contributed by atoms with van der Waals surface area (Å²) in [5, 5.41) is 0. The van der Waals surface area contributed by atoms with Crippen LogP contribution in [0.2, 0.25) is 0 Å². The molecule has 0 N–H and O–H groups in total. The van der Waals surface area contributed by atoms with Crippen LogP contribution in [0.25, 0.3) is 0 Å². The molecule has 10 heavy (non-hydrogen) atoms. The third-order valence-corrected chi connectivity index (χ3v) is 1.59. The van der Waals surface area contributed by atoms with Gasteiger partial charge in [0.25, 0.3) is 0 Å². The van der Waals surface area contributed by atoms with Gasteiger partial charge < -0.3 is 0 Å². The summed E-state index contributed by atoms with van der Waals surface area (Å²) in [6.45, 7) is 10.8. The van der Waals surface area contributed by atoms with Crippen LogP contribution in [0.4, 0.5) is 0 Å². The number of hydrogen-bond donors (Lipinski definition) is 0. The van der Waals surface area contributed by atoms with Crippen molar-refractivity contribution in [1.29, 1.82) is 0 Å². The highest BCUT2D eigenvalue weighted by molar-refractivity contribution is 5.15. The molecule has 0 nitrogen and oxygen atoms in total. The van der Waals surface area contributed by atoms with Crippen molar-refractivity contribution in [3.63, 3.8) is 0 Å². The van der Waals surface area contributed by atoms with E-state index in [4.69, 9.17) is 0 Å². The first-order chi connectivity index (χ1) is 4.54. The Balaban J connectivity index is 4.05. The van der Waals surface area contributed by atoms with Gasteiger partial charge in [-0.1, -0.05) is 37.1 Å². The molecule has 0 atom stereocenters. The van der Waals surface area contributed by atoms with Gasteiger partial charge in [0.2, 0.25) is 0 Å². The van der Waals surface area contributed by atoms with E-state index >= 15 is 0 Å². The fraction of sp³-hybridized carbons (Fsp3) is 0.600. The summed E-state index contributed by atoms with van der Waals surface area (Å²) in [6.07, 6.45) is 4.36. The summed E-state index contributed by atoms with van der Waals surface area (Å²) < 4.78 is 0. The lowest BCUT2D eigenvalue weighted by Gasteiger charge is -2.01. The Morgan fingerprint density at radius 2 is 1.50 bits per heavy atom. The molecule has 0 saturated heterocycles. The SMILES string of the molecule is CC(C)=C/C=C(\C)C(C)C. The summed E-state index contributed by atoms with van der Waals surface area (Å²) >= 11 is 0. The van der Waals surface area contributed by atoms with Gasteiger partial charge in [0.1, 0.15) is 0 Å². The predicted molar refractivity (Wildman–Crippen MR) is 48.0 cm³/mol. The normalized spacial score (nSPS) is 12.0. The van der Waals surface area contributed by atoms with E-state index in [0.29, 0.717) is 5.92 Å². The molecule has 0 unspecified atom stereocenters. The molecule has 0 aliphatic rings. The average Bonchev–Trinajstić information content (AvgIpc) is 1.82. The lowest BCUT2D eigenvalue weighted by Crippen LogP contribution is -1.86. The van der Waals surface area contributed by atoms with Crippen molar-refractivity contribution < 1.29 is 0 Å². The van der Waals surface area contributed by atoms with Crippen LogP contribution in [-0.2, 0) is 0 Å². The molecule has 0 rings (SSSR count). The second-order valence-electron chi connectivity index (χ2n) is 3.31. The fourth-order valence-corrected chi connectivity index (χ4v) is 0.491. The highest BCUT2D eigenvalue weighted by atomic mass is 14.0. The molecule has 0 aromatic heterocycles. The van der Waals surface area contributed by atoms with Crippen LogP contribution < -0.4 is 0 Å². The van der Waals surface area contributed by atoms with E-state index in [2.05, 4.69) is 46.8 Å². The molecule has 0 aliphatic heterocycles. The highest BCUT2D eigenvalue weighted by Gasteiger charge is 1.92. The van der Waals surface area contributed by atoms with Crippen LogP contribution in [0.1, 0.15) is 34.6 Å². The molecule has 58 valence electrons.